The SMILES string of the molecule is CC(O)C(C)C1CCCc2cccnc21. The van der Waals surface area contributed by atoms with Gasteiger partial charge in [0.05, 0.1) is 6.10 Å². The van der Waals surface area contributed by atoms with E-state index in [9.17, 15) is 5.11 Å². The molecule has 1 aliphatic rings. The molecule has 3 unspecified atom stereocenters. The van der Waals surface area contributed by atoms with E-state index < -0.39 is 0 Å². The maximum Gasteiger partial charge on any atom is 0.0544 e. The summed E-state index contributed by atoms with van der Waals surface area (Å²) in [6, 6.07) is 4.18. The maximum atomic E-state index is 9.67. The highest BCUT2D eigenvalue weighted by atomic mass is 16.3. The summed E-state index contributed by atoms with van der Waals surface area (Å²) in [6.07, 6.45) is 5.15. The standard InChI is InChI=1S/C13H19NO/c1-9(10(2)15)12-7-3-5-11-6-4-8-14-13(11)12/h4,6,8-10,12,15H,3,5,7H2,1-2H3. The molecule has 3 atom stereocenters. The van der Waals surface area contributed by atoms with Gasteiger partial charge in [0.25, 0.3) is 0 Å². The lowest BCUT2D eigenvalue weighted by atomic mass is 9.77. The van der Waals surface area contributed by atoms with Crippen LogP contribution in [-0.4, -0.2) is 16.2 Å². The zero-order valence-electron chi connectivity index (χ0n) is 9.48. The number of fused-ring (bicyclic) bond motifs is 1. The van der Waals surface area contributed by atoms with E-state index in [1.807, 2.05) is 19.2 Å². The minimum Gasteiger partial charge on any atom is -0.393 e. The smallest absolute Gasteiger partial charge is 0.0544 e. The Balaban J connectivity index is 2.29. The molecule has 15 heavy (non-hydrogen) atoms. The molecule has 1 heterocycles. The molecule has 0 aliphatic heterocycles. The van der Waals surface area contributed by atoms with Crippen LogP contribution in [0.25, 0.3) is 0 Å². The molecule has 0 saturated carbocycles. The molecule has 1 aromatic rings. The number of aliphatic hydroxyl groups excluding tert-OH is 1. The first-order valence-corrected chi connectivity index (χ1v) is 5.82. The molecule has 0 radical (unpaired) electrons. The van der Waals surface area contributed by atoms with E-state index in [4.69, 9.17) is 0 Å². The molecule has 0 aromatic carbocycles. The molecule has 1 N–H and O–H groups in total. The van der Waals surface area contributed by atoms with Crippen LogP contribution in [0.2, 0.25) is 0 Å². The second kappa shape index (κ2) is 4.31. The van der Waals surface area contributed by atoms with Gasteiger partial charge in [0.15, 0.2) is 0 Å². The lowest BCUT2D eigenvalue weighted by Gasteiger charge is -2.30. The largest absolute Gasteiger partial charge is 0.393 e. The Hall–Kier alpha value is -0.890. The summed E-state index contributed by atoms with van der Waals surface area (Å²) in [7, 11) is 0. The fraction of sp³-hybridized carbons (Fsp3) is 0.615. The highest BCUT2D eigenvalue weighted by molar-refractivity contribution is 5.26. The zero-order valence-corrected chi connectivity index (χ0v) is 9.48. The van der Waals surface area contributed by atoms with Gasteiger partial charge in [-0.05, 0) is 43.7 Å². The molecule has 0 spiro atoms. The van der Waals surface area contributed by atoms with Crippen LogP contribution in [0.15, 0.2) is 18.3 Å². The Morgan fingerprint density at radius 2 is 2.27 bits per heavy atom. The van der Waals surface area contributed by atoms with Gasteiger partial charge in [-0.3, -0.25) is 4.98 Å². The van der Waals surface area contributed by atoms with Crippen molar-refractivity contribution in [3.05, 3.63) is 29.6 Å². The van der Waals surface area contributed by atoms with Crippen molar-refractivity contribution in [3.8, 4) is 0 Å². The number of hydrogen-bond donors (Lipinski definition) is 1. The lowest BCUT2D eigenvalue weighted by Crippen LogP contribution is -2.25. The average molecular weight is 205 g/mol. The molecule has 2 heteroatoms. The summed E-state index contributed by atoms with van der Waals surface area (Å²) in [6.45, 7) is 4.00. The monoisotopic (exact) mass is 205 g/mol. The Bertz CT molecular complexity index is 335. The summed E-state index contributed by atoms with van der Waals surface area (Å²) in [4.78, 5) is 4.49. The Kier molecular flexibility index (Phi) is 3.06. The fourth-order valence-corrected chi connectivity index (χ4v) is 2.49. The summed E-state index contributed by atoms with van der Waals surface area (Å²) < 4.78 is 0. The van der Waals surface area contributed by atoms with Crippen LogP contribution in [0, 0.1) is 5.92 Å². The van der Waals surface area contributed by atoms with Crippen LogP contribution in [0.5, 0.6) is 0 Å². The number of aryl methyl sites for hydroxylation is 1. The van der Waals surface area contributed by atoms with Gasteiger partial charge < -0.3 is 5.11 Å². The predicted molar refractivity (Wildman–Crippen MR) is 60.8 cm³/mol. The third-order valence-electron chi connectivity index (χ3n) is 3.63. The van der Waals surface area contributed by atoms with Gasteiger partial charge >= 0.3 is 0 Å². The molecule has 0 bridgehead atoms. The van der Waals surface area contributed by atoms with E-state index in [0.29, 0.717) is 11.8 Å². The third kappa shape index (κ3) is 2.05. The molecule has 1 aliphatic carbocycles. The normalized spacial score (nSPS) is 24.3. The molecule has 2 rings (SSSR count). The number of hydrogen-bond acceptors (Lipinski definition) is 2. The van der Waals surface area contributed by atoms with Crippen molar-refractivity contribution in [2.75, 3.05) is 0 Å². The molecule has 0 saturated heterocycles. The highest BCUT2D eigenvalue weighted by Crippen LogP contribution is 2.36. The number of rotatable bonds is 2. The van der Waals surface area contributed by atoms with Gasteiger partial charge in [-0.25, -0.2) is 0 Å². The molecule has 0 amide bonds. The maximum absolute atomic E-state index is 9.67. The van der Waals surface area contributed by atoms with E-state index in [1.165, 1.54) is 17.7 Å². The summed E-state index contributed by atoms with van der Waals surface area (Å²) in [5.74, 6) is 0.744. The van der Waals surface area contributed by atoms with Gasteiger partial charge in [-0.15, -0.1) is 0 Å². The summed E-state index contributed by atoms with van der Waals surface area (Å²) >= 11 is 0. The highest BCUT2D eigenvalue weighted by Gasteiger charge is 2.28. The number of aliphatic hydroxyl groups is 1. The van der Waals surface area contributed by atoms with Crippen molar-refractivity contribution in [2.45, 2.75) is 45.1 Å². The Morgan fingerprint density at radius 3 is 3.00 bits per heavy atom. The van der Waals surface area contributed by atoms with Crippen molar-refractivity contribution in [2.24, 2.45) is 5.92 Å². The van der Waals surface area contributed by atoms with Gasteiger partial charge in [-0.1, -0.05) is 13.0 Å². The molecule has 0 fully saturated rings. The quantitative estimate of drug-likeness (QED) is 0.804. The first-order chi connectivity index (χ1) is 7.20. The van der Waals surface area contributed by atoms with Crippen molar-refractivity contribution >= 4 is 0 Å². The van der Waals surface area contributed by atoms with Gasteiger partial charge in [0.2, 0.25) is 0 Å². The van der Waals surface area contributed by atoms with Crippen molar-refractivity contribution in [3.63, 3.8) is 0 Å². The van der Waals surface area contributed by atoms with Crippen LogP contribution in [0.3, 0.4) is 0 Å². The second-order valence-corrected chi connectivity index (χ2v) is 4.65. The summed E-state index contributed by atoms with van der Waals surface area (Å²) in [5, 5.41) is 9.67. The third-order valence-corrected chi connectivity index (χ3v) is 3.63. The van der Waals surface area contributed by atoms with E-state index in [2.05, 4.69) is 18.0 Å². The van der Waals surface area contributed by atoms with Crippen LogP contribution >= 0.6 is 0 Å². The van der Waals surface area contributed by atoms with E-state index >= 15 is 0 Å². The molecule has 82 valence electrons. The lowest BCUT2D eigenvalue weighted by molar-refractivity contribution is 0.113. The first-order valence-electron chi connectivity index (χ1n) is 5.82. The van der Waals surface area contributed by atoms with E-state index in [0.717, 1.165) is 12.8 Å². The Labute approximate surface area is 91.4 Å². The van der Waals surface area contributed by atoms with Gasteiger partial charge in [0, 0.05) is 17.8 Å². The minimum atomic E-state index is -0.247. The molecular formula is C13H19NO. The number of aromatic nitrogens is 1. The average Bonchev–Trinajstić information content (AvgIpc) is 2.27. The van der Waals surface area contributed by atoms with E-state index in [-0.39, 0.29) is 6.10 Å². The van der Waals surface area contributed by atoms with Crippen molar-refractivity contribution in [1.29, 1.82) is 0 Å². The predicted octanol–water partition coefficient (Wildman–Crippen LogP) is 2.52. The van der Waals surface area contributed by atoms with Crippen LogP contribution in [0.4, 0.5) is 0 Å². The Morgan fingerprint density at radius 1 is 1.47 bits per heavy atom. The molecule has 2 nitrogen and oxygen atoms in total. The van der Waals surface area contributed by atoms with Crippen LogP contribution in [-0.2, 0) is 6.42 Å². The molecular weight excluding hydrogens is 186 g/mol. The first kappa shape index (κ1) is 10.6. The number of pyridine rings is 1. The number of nitrogens with zero attached hydrogens (tertiary/aromatic N) is 1. The minimum absolute atomic E-state index is 0.247. The summed E-state index contributed by atoms with van der Waals surface area (Å²) in [5.41, 5.74) is 2.60. The van der Waals surface area contributed by atoms with Gasteiger partial charge in [-0.2, -0.15) is 0 Å². The van der Waals surface area contributed by atoms with Gasteiger partial charge in [0.1, 0.15) is 0 Å². The molecule has 1 aromatic heterocycles. The van der Waals surface area contributed by atoms with E-state index in [1.54, 1.807) is 0 Å². The fourth-order valence-electron chi connectivity index (χ4n) is 2.49. The van der Waals surface area contributed by atoms with Crippen molar-refractivity contribution in [1.82, 2.24) is 4.98 Å². The zero-order chi connectivity index (χ0) is 10.8. The topological polar surface area (TPSA) is 33.1 Å². The van der Waals surface area contributed by atoms with Crippen LogP contribution in [0.1, 0.15) is 43.9 Å². The van der Waals surface area contributed by atoms with Crippen LogP contribution < -0.4 is 0 Å². The second-order valence-electron chi connectivity index (χ2n) is 4.65. The van der Waals surface area contributed by atoms with Crippen molar-refractivity contribution < 1.29 is 5.11 Å².